The van der Waals surface area contributed by atoms with Crippen LogP contribution in [0.2, 0.25) is 0 Å². The summed E-state index contributed by atoms with van der Waals surface area (Å²) in [4.78, 5) is 23.6. The zero-order chi connectivity index (χ0) is 16.4. The highest BCUT2D eigenvalue weighted by atomic mass is 32.2. The molecule has 0 aliphatic heterocycles. The van der Waals surface area contributed by atoms with E-state index in [9.17, 15) is 13.8 Å². The Bertz CT molecular complexity index is 849. The van der Waals surface area contributed by atoms with Gasteiger partial charge in [-0.1, -0.05) is 23.8 Å². The minimum Gasteiger partial charge on any atom is -0.300 e. The van der Waals surface area contributed by atoms with Crippen LogP contribution in [0.25, 0.3) is 0 Å². The second-order valence-electron chi connectivity index (χ2n) is 5.53. The van der Waals surface area contributed by atoms with Crippen molar-refractivity contribution in [1.82, 2.24) is 9.13 Å². The SMILES string of the molecule is Cc1ccc(C)c(C[S@@](=O)Cc2cc(=O)n(C)c(=O)n2C)c1. The van der Waals surface area contributed by atoms with Crippen molar-refractivity contribution in [2.45, 2.75) is 25.4 Å². The Kier molecular flexibility index (Phi) is 4.81. The number of hydrogen-bond acceptors (Lipinski definition) is 3. The number of nitrogens with zero attached hydrogens (tertiary/aromatic N) is 2. The fourth-order valence-corrected chi connectivity index (χ4v) is 3.63. The molecule has 2 aromatic rings. The standard InChI is InChI=1S/C16H20N2O3S/c1-11-5-6-12(2)13(7-11)9-22(21)10-14-8-15(19)18(4)16(20)17(14)3/h5-8H,9-10H2,1-4H3/t22-/m1/s1. The molecule has 0 amide bonds. The molecule has 0 aliphatic rings. The number of benzene rings is 1. The van der Waals surface area contributed by atoms with E-state index in [1.807, 2.05) is 32.0 Å². The normalized spacial score (nSPS) is 12.4. The summed E-state index contributed by atoms with van der Waals surface area (Å²) in [5.41, 5.74) is 2.98. The van der Waals surface area contributed by atoms with E-state index in [1.165, 1.54) is 17.7 Å². The van der Waals surface area contributed by atoms with Crippen LogP contribution in [-0.2, 0) is 36.4 Å². The van der Waals surface area contributed by atoms with E-state index in [4.69, 9.17) is 0 Å². The monoisotopic (exact) mass is 320 g/mol. The predicted molar refractivity (Wildman–Crippen MR) is 88.4 cm³/mol. The summed E-state index contributed by atoms with van der Waals surface area (Å²) < 4.78 is 14.8. The maximum Gasteiger partial charge on any atom is 0.330 e. The zero-order valence-electron chi connectivity index (χ0n) is 13.3. The molecule has 0 radical (unpaired) electrons. The molecule has 0 saturated carbocycles. The van der Waals surface area contributed by atoms with Gasteiger partial charge in [0.2, 0.25) is 0 Å². The lowest BCUT2D eigenvalue weighted by molar-refractivity contribution is 0.655. The first-order valence-corrected chi connectivity index (χ1v) is 8.45. The van der Waals surface area contributed by atoms with Crippen molar-refractivity contribution in [2.24, 2.45) is 14.1 Å². The molecule has 5 nitrogen and oxygen atoms in total. The second-order valence-corrected chi connectivity index (χ2v) is 6.99. The van der Waals surface area contributed by atoms with Gasteiger partial charge in [-0.25, -0.2) is 4.79 Å². The molecular formula is C16H20N2O3S. The Balaban J connectivity index is 2.25. The van der Waals surface area contributed by atoms with Crippen LogP contribution < -0.4 is 11.2 Å². The molecule has 6 heteroatoms. The van der Waals surface area contributed by atoms with Crippen LogP contribution in [-0.4, -0.2) is 13.3 Å². The molecule has 1 aromatic heterocycles. The van der Waals surface area contributed by atoms with Gasteiger partial charge in [0.1, 0.15) is 0 Å². The zero-order valence-corrected chi connectivity index (χ0v) is 14.1. The Morgan fingerprint density at radius 3 is 2.36 bits per heavy atom. The molecule has 1 heterocycles. The molecule has 0 saturated heterocycles. The van der Waals surface area contributed by atoms with Gasteiger partial charge in [-0.05, 0) is 25.0 Å². The minimum absolute atomic E-state index is 0.190. The van der Waals surface area contributed by atoms with Gasteiger partial charge in [0.25, 0.3) is 5.56 Å². The molecule has 0 spiro atoms. The summed E-state index contributed by atoms with van der Waals surface area (Å²) >= 11 is 0. The van der Waals surface area contributed by atoms with E-state index in [2.05, 4.69) is 0 Å². The van der Waals surface area contributed by atoms with Crippen LogP contribution in [0.4, 0.5) is 0 Å². The maximum atomic E-state index is 12.4. The molecule has 0 aliphatic carbocycles. The average molecular weight is 320 g/mol. The maximum absolute atomic E-state index is 12.4. The number of aromatic nitrogens is 2. The van der Waals surface area contributed by atoms with E-state index in [-0.39, 0.29) is 11.3 Å². The molecule has 0 bridgehead atoms. The predicted octanol–water partition coefficient (Wildman–Crippen LogP) is 1.15. The molecule has 0 unspecified atom stereocenters. The molecule has 1 atom stereocenters. The van der Waals surface area contributed by atoms with E-state index < -0.39 is 16.5 Å². The first-order chi connectivity index (χ1) is 10.3. The lowest BCUT2D eigenvalue weighted by atomic mass is 10.1. The van der Waals surface area contributed by atoms with Gasteiger partial charge in [-0.3, -0.25) is 18.1 Å². The number of hydrogen-bond donors (Lipinski definition) is 0. The van der Waals surface area contributed by atoms with Crippen molar-refractivity contribution in [3.05, 3.63) is 67.5 Å². The van der Waals surface area contributed by atoms with Crippen molar-refractivity contribution < 1.29 is 4.21 Å². The van der Waals surface area contributed by atoms with Crippen molar-refractivity contribution >= 4 is 10.8 Å². The molecule has 0 fully saturated rings. The van der Waals surface area contributed by atoms with Gasteiger partial charge in [0, 0.05) is 42.4 Å². The van der Waals surface area contributed by atoms with Crippen LogP contribution in [0.1, 0.15) is 22.4 Å². The van der Waals surface area contributed by atoms with Crippen molar-refractivity contribution in [3.8, 4) is 0 Å². The van der Waals surface area contributed by atoms with Crippen LogP contribution in [0.15, 0.2) is 33.9 Å². The topological polar surface area (TPSA) is 61.1 Å². The lowest BCUT2D eigenvalue weighted by Crippen LogP contribution is -2.38. The first kappa shape index (κ1) is 16.4. The Morgan fingerprint density at radius 1 is 1.00 bits per heavy atom. The smallest absolute Gasteiger partial charge is 0.300 e. The van der Waals surface area contributed by atoms with Crippen molar-refractivity contribution in [1.29, 1.82) is 0 Å². The van der Waals surface area contributed by atoms with Crippen molar-refractivity contribution in [3.63, 3.8) is 0 Å². The summed E-state index contributed by atoms with van der Waals surface area (Å²) in [6.45, 7) is 3.98. The van der Waals surface area contributed by atoms with Gasteiger partial charge >= 0.3 is 5.69 Å². The van der Waals surface area contributed by atoms with Crippen LogP contribution in [0.3, 0.4) is 0 Å². The number of rotatable bonds is 4. The highest BCUT2D eigenvalue weighted by Gasteiger charge is 2.11. The molecule has 118 valence electrons. The molecule has 22 heavy (non-hydrogen) atoms. The second kappa shape index (κ2) is 6.44. The summed E-state index contributed by atoms with van der Waals surface area (Å²) in [6, 6.07) is 7.43. The Morgan fingerprint density at radius 2 is 1.68 bits per heavy atom. The number of aryl methyl sites for hydroxylation is 2. The van der Waals surface area contributed by atoms with Crippen LogP contribution >= 0.6 is 0 Å². The highest BCUT2D eigenvalue weighted by molar-refractivity contribution is 7.83. The van der Waals surface area contributed by atoms with Gasteiger partial charge in [-0.2, -0.15) is 0 Å². The average Bonchev–Trinajstić information content (AvgIpc) is 2.46. The van der Waals surface area contributed by atoms with Crippen LogP contribution in [0, 0.1) is 13.8 Å². The Hall–Kier alpha value is -1.95. The third-order valence-electron chi connectivity index (χ3n) is 3.76. The fraction of sp³-hybridized carbons (Fsp3) is 0.375. The van der Waals surface area contributed by atoms with Gasteiger partial charge < -0.3 is 0 Å². The largest absolute Gasteiger partial charge is 0.330 e. The van der Waals surface area contributed by atoms with E-state index in [0.717, 1.165) is 21.3 Å². The summed E-state index contributed by atoms with van der Waals surface area (Å²) in [5.74, 6) is 0.603. The van der Waals surface area contributed by atoms with E-state index in [1.54, 1.807) is 7.05 Å². The highest BCUT2D eigenvalue weighted by Crippen LogP contribution is 2.14. The van der Waals surface area contributed by atoms with E-state index >= 15 is 0 Å². The molecule has 0 N–H and O–H groups in total. The van der Waals surface area contributed by atoms with Crippen LogP contribution in [0.5, 0.6) is 0 Å². The van der Waals surface area contributed by atoms with Gasteiger partial charge in [0.05, 0.1) is 5.75 Å². The minimum atomic E-state index is -1.18. The Labute approximate surface area is 131 Å². The summed E-state index contributed by atoms with van der Waals surface area (Å²) in [7, 11) is 1.84. The summed E-state index contributed by atoms with van der Waals surface area (Å²) in [6.07, 6.45) is 0. The molecule has 2 rings (SSSR count). The lowest BCUT2D eigenvalue weighted by Gasteiger charge is -2.10. The van der Waals surface area contributed by atoms with E-state index in [0.29, 0.717) is 11.4 Å². The van der Waals surface area contributed by atoms with Crippen molar-refractivity contribution in [2.75, 3.05) is 0 Å². The molecule has 1 aromatic carbocycles. The quantitative estimate of drug-likeness (QED) is 0.849. The third-order valence-corrected chi connectivity index (χ3v) is 5.01. The van der Waals surface area contributed by atoms with Gasteiger partial charge in [-0.15, -0.1) is 0 Å². The third kappa shape index (κ3) is 3.44. The van der Waals surface area contributed by atoms with Gasteiger partial charge in [0.15, 0.2) is 0 Å². The summed E-state index contributed by atoms with van der Waals surface area (Å²) in [5, 5.41) is 0. The molecular weight excluding hydrogens is 300 g/mol. The first-order valence-electron chi connectivity index (χ1n) is 6.96. The fourth-order valence-electron chi connectivity index (χ4n) is 2.26.